The Bertz CT molecular complexity index is 533. The highest BCUT2D eigenvalue weighted by atomic mass is 35.5. The van der Waals surface area contributed by atoms with E-state index in [0.717, 1.165) is 0 Å². The van der Waals surface area contributed by atoms with Gasteiger partial charge in [0.05, 0.1) is 23.9 Å². The van der Waals surface area contributed by atoms with Crippen LogP contribution in [0.5, 0.6) is 0 Å². The van der Waals surface area contributed by atoms with E-state index in [1.807, 2.05) is 0 Å². The number of anilines is 1. The van der Waals surface area contributed by atoms with Crippen LogP contribution in [0.4, 0.5) is 5.69 Å². The highest BCUT2D eigenvalue weighted by Gasteiger charge is 2.30. The molecule has 0 atom stereocenters. The van der Waals surface area contributed by atoms with Crippen molar-refractivity contribution < 1.29 is 13.2 Å². The van der Waals surface area contributed by atoms with Crippen LogP contribution in [0, 0.1) is 0 Å². The number of benzene rings is 1. The van der Waals surface area contributed by atoms with E-state index in [2.05, 4.69) is 0 Å². The lowest BCUT2D eigenvalue weighted by atomic mass is 10.3. The molecule has 1 heterocycles. The minimum absolute atomic E-state index is 0.0338. The van der Waals surface area contributed by atoms with Crippen LogP contribution in [0.25, 0.3) is 0 Å². The summed E-state index contributed by atoms with van der Waals surface area (Å²) < 4.78 is 31.2. The number of nitrogens with zero attached hydrogens (tertiary/aromatic N) is 1. The third kappa shape index (κ3) is 2.57. The molecule has 1 saturated heterocycles. The van der Waals surface area contributed by atoms with E-state index in [9.17, 15) is 8.42 Å². The molecule has 100 valence electrons. The lowest BCUT2D eigenvalue weighted by Gasteiger charge is -2.26. The third-order valence-corrected chi connectivity index (χ3v) is 5.25. The molecule has 0 amide bonds. The first-order valence-electron chi connectivity index (χ1n) is 5.25. The van der Waals surface area contributed by atoms with Crippen molar-refractivity contribution in [3.8, 4) is 0 Å². The second-order valence-corrected chi connectivity index (χ2v) is 6.54. The Hall–Kier alpha value is -0.530. The number of hydrogen-bond donors (Lipinski definition) is 1. The van der Waals surface area contributed by atoms with Gasteiger partial charge in [-0.3, -0.25) is 0 Å². The summed E-state index contributed by atoms with van der Waals surface area (Å²) in [6.07, 6.45) is 0. The van der Waals surface area contributed by atoms with E-state index in [4.69, 9.17) is 33.7 Å². The van der Waals surface area contributed by atoms with Gasteiger partial charge in [-0.05, 0) is 12.1 Å². The zero-order valence-corrected chi connectivity index (χ0v) is 11.7. The second-order valence-electron chi connectivity index (χ2n) is 3.82. The summed E-state index contributed by atoms with van der Waals surface area (Å²) in [6, 6.07) is 2.74. The fourth-order valence-corrected chi connectivity index (χ4v) is 4.12. The molecular formula is C10H12Cl2N2O3S. The molecule has 1 aromatic carbocycles. The summed E-state index contributed by atoms with van der Waals surface area (Å²) in [7, 11) is -3.70. The lowest BCUT2D eigenvalue weighted by Crippen LogP contribution is -2.40. The van der Waals surface area contributed by atoms with Gasteiger partial charge in [0.25, 0.3) is 0 Å². The van der Waals surface area contributed by atoms with Gasteiger partial charge < -0.3 is 10.5 Å². The lowest BCUT2D eigenvalue weighted by molar-refractivity contribution is 0.0730. The van der Waals surface area contributed by atoms with Gasteiger partial charge in [-0.1, -0.05) is 23.2 Å². The topological polar surface area (TPSA) is 72.6 Å². The Morgan fingerprint density at radius 3 is 2.39 bits per heavy atom. The van der Waals surface area contributed by atoms with Crippen molar-refractivity contribution in [2.45, 2.75) is 4.90 Å². The van der Waals surface area contributed by atoms with Crippen molar-refractivity contribution in [2.75, 3.05) is 32.0 Å². The Morgan fingerprint density at radius 2 is 1.83 bits per heavy atom. The molecule has 2 rings (SSSR count). The van der Waals surface area contributed by atoms with Crippen molar-refractivity contribution in [3.63, 3.8) is 0 Å². The molecule has 1 aliphatic rings. The van der Waals surface area contributed by atoms with E-state index in [0.29, 0.717) is 31.3 Å². The van der Waals surface area contributed by atoms with Crippen LogP contribution in [0.3, 0.4) is 0 Å². The highest BCUT2D eigenvalue weighted by Crippen LogP contribution is 2.33. The summed E-state index contributed by atoms with van der Waals surface area (Å²) in [4.78, 5) is -0.0875. The maximum Gasteiger partial charge on any atom is 0.246 e. The number of rotatable bonds is 2. The zero-order chi connectivity index (χ0) is 13.3. The number of ether oxygens (including phenoxy) is 1. The van der Waals surface area contributed by atoms with Crippen LogP contribution in [0.1, 0.15) is 0 Å². The summed E-state index contributed by atoms with van der Waals surface area (Å²) >= 11 is 11.7. The molecule has 1 aromatic rings. The molecule has 18 heavy (non-hydrogen) atoms. The summed E-state index contributed by atoms with van der Waals surface area (Å²) in [5.41, 5.74) is 5.76. The third-order valence-electron chi connectivity index (χ3n) is 2.61. The molecule has 1 fully saturated rings. The number of sulfonamides is 1. The monoisotopic (exact) mass is 310 g/mol. The second kappa shape index (κ2) is 5.22. The van der Waals surface area contributed by atoms with Crippen molar-refractivity contribution in [1.82, 2.24) is 4.31 Å². The van der Waals surface area contributed by atoms with Crippen LogP contribution in [-0.2, 0) is 14.8 Å². The van der Waals surface area contributed by atoms with Crippen molar-refractivity contribution in [2.24, 2.45) is 0 Å². The smallest absolute Gasteiger partial charge is 0.246 e. The Morgan fingerprint density at radius 1 is 1.22 bits per heavy atom. The molecule has 0 radical (unpaired) electrons. The number of halogens is 2. The van der Waals surface area contributed by atoms with Crippen LogP contribution < -0.4 is 5.73 Å². The minimum atomic E-state index is -3.70. The molecule has 5 nitrogen and oxygen atoms in total. The molecule has 0 aliphatic carbocycles. The average Bonchev–Trinajstić information content (AvgIpc) is 2.28. The molecule has 0 spiro atoms. The molecule has 0 saturated carbocycles. The Kier molecular flexibility index (Phi) is 4.03. The highest BCUT2D eigenvalue weighted by molar-refractivity contribution is 7.89. The van der Waals surface area contributed by atoms with Gasteiger partial charge >= 0.3 is 0 Å². The molecule has 0 aromatic heterocycles. The van der Waals surface area contributed by atoms with E-state index in [1.165, 1.54) is 16.4 Å². The van der Waals surface area contributed by atoms with Crippen LogP contribution >= 0.6 is 23.2 Å². The quantitative estimate of drug-likeness (QED) is 0.842. The van der Waals surface area contributed by atoms with Crippen LogP contribution in [-0.4, -0.2) is 39.0 Å². The summed E-state index contributed by atoms with van der Waals surface area (Å²) in [6.45, 7) is 1.32. The number of hydrogen-bond acceptors (Lipinski definition) is 4. The maximum atomic E-state index is 12.4. The molecule has 1 aliphatic heterocycles. The van der Waals surface area contributed by atoms with Gasteiger partial charge in [0, 0.05) is 18.1 Å². The first-order chi connectivity index (χ1) is 8.43. The van der Waals surface area contributed by atoms with Crippen molar-refractivity contribution >= 4 is 38.9 Å². The van der Waals surface area contributed by atoms with E-state index in [-0.39, 0.29) is 15.6 Å². The molecule has 2 N–H and O–H groups in total. The summed E-state index contributed by atoms with van der Waals surface area (Å²) in [5.74, 6) is 0. The molecule has 0 bridgehead atoms. The minimum Gasteiger partial charge on any atom is -0.398 e. The number of nitrogen functional groups attached to an aromatic ring is 1. The number of morpholine rings is 1. The first kappa shape index (κ1) is 13.9. The van der Waals surface area contributed by atoms with Gasteiger partial charge in [0.1, 0.15) is 4.90 Å². The van der Waals surface area contributed by atoms with Gasteiger partial charge in [0.15, 0.2) is 0 Å². The van der Waals surface area contributed by atoms with Crippen molar-refractivity contribution in [3.05, 3.63) is 22.2 Å². The Labute approximate surface area is 115 Å². The van der Waals surface area contributed by atoms with E-state index in [1.54, 1.807) is 0 Å². The fourth-order valence-electron chi connectivity index (χ4n) is 1.77. The van der Waals surface area contributed by atoms with Crippen LogP contribution in [0.15, 0.2) is 17.0 Å². The standard InChI is InChI=1S/C10H12Cl2N2O3S/c11-7-5-8(12)10(9(13)6-7)18(15,16)14-1-3-17-4-2-14/h5-6H,1-4,13H2. The van der Waals surface area contributed by atoms with Gasteiger partial charge in [-0.2, -0.15) is 4.31 Å². The number of nitrogens with two attached hydrogens (primary N) is 1. The predicted octanol–water partition coefficient (Wildman–Crippen LogP) is 1.60. The molecule has 8 heteroatoms. The summed E-state index contributed by atoms with van der Waals surface area (Å²) in [5, 5.41) is 0.338. The maximum absolute atomic E-state index is 12.4. The zero-order valence-electron chi connectivity index (χ0n) is 9.40. The normalized spacial score (nSPS) is 17.9. The van der Waals surface area contributed by atoms with Gasteiger partial charge in [0.2, 0.25) is 10.0 Å². The van der Waals surface area contributed by atoms with E-state index < -0.39 is 10.0 Å². The van der Waals surface area contributed by atoms with E-state index >= 15 is 0 Å². The Balaban J connectivity index is 2.47. The molecular weight excluding hydrogens is 299 g/mol. The molecule has 0 unspecified atom stereocenters. The fraction of sp³-hybridized carbons (Fsp3) is 0.400. The van der Waals surface area contributed by atoms with Crippen LogP contribution in [0.2, 0.25) is 10.0 Å². The van der Waals surface area contributed by atoms with Gasteiger partial charge in [-0.15, -0.1) is 0 Å². The largest absolute Gasteiger partial charge is 0.398 e. The van der Waals surface area contributed by atoms with Gasteiger partial charge in [-0.25, -0.2) is 8.42 Å². The predicted molar refractivity (Wildman–Crippen MR) is 70.5 cm³/mol. The SMILES string of the molecule is Nc1cc(Cl)cc(Cl)c1S(=O)(=O)N1CCOCC1. The van der Waals surface area contributed by atoms with Crippen molar-refractivity contribution in [1.29, 1.82) is 0 Å². The first-order valence-corrected chi connectivity index (χ1v) is 7.45. The average molecular weight is 311 g/mol.